The second kappa shape index (κ2) is 1.99. The maximum Gasteiger partial charge on any atom is 0.158 e. The minimum absolute atomic E-state index is 0.411. The van der Waals surface area contributed by atoms with E-state index >= 15 is 0 Å². The molecule has 1 saturated heterocycles. The van der Waals surface area contributed by atoms with E-state index in [1.54, 1.807) is 0 Å². The Bertz CT molecular complexity index is 180. The van der Waals surface area contributed by atoms with Crippen LogP contribution in [0.15, 0.2) is 0 Å². The summed E-state index contributed by atoms with van der Waals surface area (Å²) in [7, 11) is 0. The van der Waals surface area contributed by atoms with E-state index in [2.05, 4.69) is 0 Å². The quantitative estimate of drug-likeness (QED) is 0.567. The van der Waals surface area contributed by atoms with Gasteiger partial charge in [0, 0.05) is 5.92 Å². The van der Waals surface area contributed by atoms with Crippen LogP contribution in [0.5, 0.6) is 0 Å². The first-order valence-corrected chi connectivity index (χ1v) is 4.68. The Labute approximate surface area is 66.5 Å². The number of ether oxygens (including phenoxy) is 1. The fourth-order valence-electron chi connectivity index (χ4n) is 3.27. The van der Waals surface area contributed by atoms with E-state index in [0.717, 1.165) is 5.92 Å². The van der Waals surface area contributed by atoms with Gasteiger partial charge in [-0.05, 0) is 37.5 Å². The van der Waals surface area contributed by atoms with Crippen LogP contribution < -0.4 is 0 Å². The zero-order chi connectivity index (χ0) is 7.42. The SMILES string of the molecule is OC1OC2CCC3CC1C2C3. The highest BCUT2D eigenvalue weighted by Crippen LogP contribution is 2.52. The third-order valence-electron chi connectivity index (χ3n) is 3.78. The normalized spacial score (nSPS) is 60.3. The molecule has 0 amide bonds. The van der Waals surface area contributed by atoms with E-state index < -0.39 is 6.29 Å². The number of fused-ring (bicyclic) bond motifs is 1. The molecule has 5 atom stereocenters. The van der Waals surface area contributed by atoms with Gasteiger partial charge in [-0.15, -0.1) is 0 Å². The molecular formula is C9H14O2. The molecule has 1 N–H and O–H groups in total. The van der Waals surface area contributed by atoms with Crippen LogP contribution in [0.3, 0.4) is 0 Å². The van der Waals surface area contributed by atoms with Crippen molar-refractivity contribution in [2.45, 2.75) is 38.1 Å². The molecule has 1 aliphatic heterocycles. The second-order valence-electron chi connectivity index (χ2n) is 4.31. The van der Waals surface area contributed by atoms with E-state index in [0.29, 0.717) is 17.9 Å². The molecule has 2 bridgehead atoms. The molecule has 5 unspecified atom stereocenters. The Morgan fingerprint density at radius 1 is 1.09 bits per heavy atom. The first-order chi connectivity index (χ1) is 5.34. The maximum absolute atomic E-state index is 9.50. The summed E-state index contributed by atoms with van der Waals surface area (Å²) in [5.74, 6) is 2.12. The van der Waals surface area contributed by atoms with Crippen LogP contribution in [0, 0.1) is 17.8 Å². The smallest absolute Gasteiger partial charge is 0.158 e. The van der Waals surface area contributed by atoms with Crippen LogP contribution in [0.2, 0.25) is 0 Å². The summed E-state index contributed by atoms with van der Waals surface area (Å²) in [6.45, 7) is 0. The predicted molar refractivity (Wildman–Crippen MR) is 39.8 cm³/mol. The molecule has 2 aliphatic carbocycles. The lowest BCUT2D eigenvalue weighted by molar-refractivity contribution is -0.121. The van der Waals surface area contributed by atoms with Crippen molar-refractivity contribution in [3.8, 4) is 0 Å². The largest absolute Gasteiger partial charge is 0.368 e. The zero-order valence-electron chi connectivity index (χ0n) is 6.57. The number of aliphatic hydroxyl groups is 1. The van der Waals surface area contributed by atoms with E-state index in [1.807, 2.05) is 0 Å². The van der Waals surface area contributed by atoms with Crippen LogP contribution in [0.4, 0.5) is 0 Å². The van der Waals surface area contributed by atoms with Gasteiger partial charge >= 0.3 is 0 Å². The van der Waals surface area contributed by atoms with Crippen molar-refractivity contribution in [2.24, 2.45) is 17.8 Å². The summed E-state index contributed by atoms with van der Waals surface area (Å²) in [5.41, 5.74) is 0. The van der Waals surface area contributed by atoms with Gasteiger partial charge in [0.15, 0.2) is 6.29 Å². The molecule has 2 heteroatoms. The fraction of sp³-hybridized carbons (Fsp3) is 1.00. The van der Waals surface area contributed by atoms with Crippen molar-refractivity contribution in [3.63, 3.8) is 0 Å². The Morgan fingerprint density at radius 2 is 1.91 bits per heavy atom. The lowest BCUT2D eigenvalue weighted by Gasteiger charge is -2.24. The lowest BCUT2D eigenvalue weighted by atomic mass is 9.86. The van der Waals surface area contributed by atoms with Crippen molar-refractivity contribution >= 4 is 0 Å². The molecule has 3 rings (SSSR count). The molecule has 0 spiro atoms. The van der Waals surface area contributed by atoms with Crippen molar-refractivity contribution in [2.75, 3.05) is 0 Å². The standard InChI is InChI=1S/C9H14O2/c10-9-7-4-5-1-2-8(11-9)6(7)3-5/h5-10H,1-4H2. The molecule has 0 aromatic carbocycles. The van der Waals surface area contributed by atoms with Gasteiger partial charge in [0.1, 0.15) is 0 Å². The molecule has 62 valence electrons. The van der Waals surface area contributed by atoms with Gasteiger partial charge < -0.3 is 9.84 Å². The molecule has 2 nitrogen and oxygen atoms in total. The third-order valence-corrected chi connectivity index (χ3v) is 3.78. The fourth-order valence-corrected chi connectivity index (χ4v) is 3.27. The van der Waals surface area contributed by atoms with Gasteiger partial charge in [0.2, 0.25) is 0 Å². The van der Waals surface area contributed by atoms with Crippen molar-refractivity contribution in [3.05, 3.63) is 0 Å². The van der Waals surface area contributed by atoms with E-state index in [1.165, 1.54) is 25.7 Å². The number of aliphatic hydroxyl groups excluding tert-OH is 1. The van der Waals surface area contributed by atoms with Crippen LogP contribution in [0.1, 0.15) is 25.7 Å². The van der Waals surface area contributed by atoms with Crippen molar-refractivity contribution in [1.29, 1.82) is 0 Å². The average molecular weight is 154 g/mol. The number of hydrogen-bond acceptors (Lipinski definition) is 2. The molecule has 2 saturated carbocycles. The van der Waals surface area contributed by atoms with Gasteiger partial charge in [0.25, 0.3) is 0 Å². The molecule has 0 aromatic heterocycles. The highest BCUT2D eigenvalue weighted by atomic mass is 16.6. The molecule has 1 heterocycles. The summed E-state index contributed by atoms with van der Waals surface area (Å²) in [5, 5.41) is 9.50. The van der Waals surface area contributed by atoms with Gasteiger partial charge in [-0.3, -0.25) is 0 Å². The van der Waals surface area contributed by atoms with Crippen molar-refractivity contribution < 1.29 is 9.84 Å². The first kappa shape index (κ1) is 6.44. The Hall–Kier alpha value is -0.0800. The maximum atomic E-state index is 9.50. The van der Waals surface area contributed by atoms with Gasteiger partial charge in [-0.1, -0.05) is 0 Å². The molecule has 0 aromatic rings. The summed E-state index contributed by atoms with van der Waals surface area (Å²) in [6, 6.07) is 0. The molecular weight excluding hydrogens is 140 g/mol. The van der Waals surface area contributed by atoms with Gasteiger partial charge in [-0.2, -0.15) is 0 Å². The zero-order valence-corrected chi connectivity index (χ0v) is 6.57. The van der Waals surface area contributed by atoms with Crippen LogP contribution in [0.25, 0.3) is 0 Å². The summed E-state index contributed by atoms with van der Waals surface area (Å²) in [6.07, 6.45) is 5.08. The Kier molecular flexibility index (Phi) is 1.16. The molecule has 3 aliphatic rings. The second-order valence-corrected chi connectivity index (χ2v) is 4.31. The van der Waals surface area contributed by atoms with E-state index in [-0.39, 0.29) is 0 Å². The monoisotopic (exact) mass is 154 g/mol. The first-order valence-electron chi connectivity index (χ1n) is 4.68. The minimum atomic E-state index is -0.421. The van der Waals surface area contributed by atoms with E-state index in [9.17, 15) is 5.11 Å². The summed E-state index contributed by atoms with van der Waals surface area (Å²) >= 11 is 0. The van der Waals surface area contributed by atoms with Crippen LogP contribution >= 0.6 is 0 Å². The summed E-state index contributed by atoms with van der Waals surface area (Å²) < 4.78 is 5.47. The molecule has 0 radical (unpaired) electrons. The lowest BCUT2D eigenvalue weighted by Crippen LogP contribution is -2.22. The number of hydrogen-bond donors (Lipinski definition) is 1. The van der Waals surface area contributed by atoms with E-state index in [4.69, 9.17) is 4.74 Å². The van der Waals surface area contributed by atoms with Crippen LogP contribution in [-0.2, 0) is 4.74 Å². The Morgan fingerprint density at radius 3 is 2.82 bits per heavy atom. The average Bonchev–Trinajstić information content (AvgIpc) is 2.45. The summed E-state index contributed by atoms with van der Waals surface area (Å²) in [4.78, 5) is 0. The predicted octanol–water partition coefficient (Wildman–Crippen LogP) is 1.14. The topological polar surface area (TPSA) is 29.5 Å². The molecule has 11 heavy (non-hydrogen) atoms. The molecule has 3 fully saturated rings. The number of rotatable bonds is 0. The Balaban J connectivity index is 1.93. The third kappa shape index (κ3) is 0.744. The van der Waals surface area contributed by atoms with Gasteiger partial charge in [-0.25, -0.2) is 0 Å². The minimum Gasteiger partial charge on any atom is -0.368 e. The van der Waals surface area contributed by atoms with Crippen molar-refractivity contribution in [1.82, 2.24) is 0 Å². The highest BCUT2D eigenvalue weighted by Gasteiger charge is 2.51. The van der Waals surface area contributed by atoms with Crippen LogP contribution in [-0.4, -0.2) is 17.5 Å². The highest BCUT2D eigenvalue weighted by molar-refractivity contribution is 4.97. The van der Waals surface area contributed by atoms with Gasteiger partial charge in [0.05, 0.1) is 6.10 Å².